The second-order valence-electron chi connectivity index (χ2n) is 6.22. The van der Waals surface area contributed by atoms with E-state index in [1.807, 2.05) is 18.2 Å². The summed E-state index contributed by atoms with van der Waals surface area (Å²) in [6.07, 6.45) is 0. The van der Waals surface area contributed by atoms with Crippen LogP contribution < -0.4 is 0 Å². The van der Waals surface area contributed by atoms with Gasteiger partial charge in [0.25, 0.3) is 0 Å². The predicted octanol–water partition coefficient (Wildman–Crippen LogP) is 4.85. The standard InChI is InChI=1S/C15H23NOSSi/c1-15(2,3)19(4,5)17-11-14(16-12-18)13-9-7-6-8-10-13/h6-10,14H,11H2,1-5H3. The molecule has 0 amide bonds. The molecule has 1 aromatic carbocycles. The van der Waals surface area contributed by atoms with Crippen LogP contribution in [0.15, 0.2) is 35.3 Å². The summed E-state index contributed by atoms with van der Waals surface area (Å²) in [6, 6.07) is 10.1. The molecule has 0 heterocycles. The third kappa shape index (κ3) is 4.66. The summed E-state index contributed by atoms with van der Waals surface area (Å²) in [7, 11) is -1.75. The Hall–Kier alpha value is -0.803. The van der Waals surface area contributed by atoms with E-state index in [1.54, 1.807) is 0 Å². The Morgan fingerprint density at radius 2 is 1.84 bits per heavy atom. The molecule has 1 atom stereocenters. The minimum atomic E-state index is -1.75. The summed E-state index contributed by atoms with van der Waals surface area (Å²) < 4.78 is 6.22. The molecule has 0 spiro atoms. The van der Waals surface area contributed by atoms with Gasteiger partial charge >= 0.3 is 0 Å². The van der Waals surface area contributed by atoms with Crippen molar-refractivity contribution >= 4 is 25.7 Å². The van der Waals surface area contributed by atoms with Crippen LogP contribution in [0, 0.1) is 0 Å². The summed E-state index contributed by atoms with van der Waals surface area (Å²) in [5, 5.41) is 2.69. The lowest BCUT2D eigenvalue weighted by Gasteiger charge is -2.36. The molecule has 0 aliphatic heterocycles. The summed E-state index contributed by atoms with van der Waals surface area (Å²) in [5.74, 6) is 0. The smallest absolute Gasteiger partial charge is 0.192 e. The molecule has 1 unspecified atom stereocenters. The van der Waals surface area contributed by atoms with Crippen LogP contribution in [0.4, 0.5) is 0 Å². The Balaban J connectivity index is 2.80. The van der Waals surface area contributed by atoms with Crippen LogP contribution in [0.25, 0.3) is 0 Å². The van der Waals surface area contributed by atoms with Crippen molar-refractivity contribution in [2.45, 2.75) is 44.9 Å². The van der Waals surface area contributed by atoms with Crippen LogP contribution in [0.1, 0.15) is 32.4 Å². The highest BCUT2D eigenvalue weighted by Gasteiger charge is 2.37. The normalized spacial score (nSPS) is 13.7. The first kappa shape index (κ1) is 16.3. The van der Waals surface area contributed by atoms with Gasteiger partial charge in [-0.25, -0.2) is 4.99 Å². The molecule has 0 fully saturated rings. The first-order valence-corrected chi connectivity index (χ1v) is 9.85. The zero-order chi connectivity index (χ0) is 14.5. The third-order valence-corrected chi connectivity index (χ3v) is 8.41. The van der Waals surface area contributed by atoms with Crippen molar-refractivity contribution in [1.82, 2.24) is 0 Å². The van der Waals surface area contributed by atoms with E-state index in [4.69, 9.17) is 16.6 Å². The van der Waals surface area contributed by atoms with Crippen molar-refractivity contribution in [3.05, 3.63) is 35.9 Å². The van der Waals surface area contributed by atoms with Crippen molar-refractivity contribution in [3.8, 4) is 0 Å². The van der Waals surface area contributed by atoms with E-state index in [-0.39, 0.29) is 11.1 Å². The van der Waals surface area contributed by atoms with E-state index in [1.165, 1.54) is 0 Å². The lowest BCUT2D eigenvalue weighted by Crippen LogP contribution is -2.41. The van der Waals surface area contributed by atoms with Crippen molar-refractivity contribution < 1.29 is 4.43 Å². The maximum atomic E-state index is 6.22. The fourth-order valence-electron chi connectivity index (χ4n) is 1.45. The van der Waals surface area contributed by atoms with Crippen molar-refractivity contribution in [2.75, 3.05) is 6.61 Å². The molecule has 104 valence electrons. The first-order valence-electron chi connectivity index (χ1n) is 6.54. The number of isothiocyanates is 1. The molecule has 4 heteroatoms. The minimum absolute atomic E-state index is 0.0483. The molecule has 1 aromatic rings. The molecule has 1 rings (SSSR count). The van der Waals surface area contributed by atoms with Gasteiger partial charge in [0.1, 0.15) is 6.04 Å². The molecule has 0 aliphatic carbocycles. The van der Waals surface area contributed by atoms with E-state index in [9.17, 15) is 0 Å². The predicted molar refractivity (Wildman–Crippen MR) is 87.4 cm³/mol. The summed E-state index contributed by atoms with van der Waals surface area (Å²) in [5.41, 5.74) is 1.12. The van der Waals surface area contributed by atoms with Crippen LogP contribution in [0.5, 0.6) is 0 Å². The average Bonchev–Trinajstić information content (AvgIpc) is 2.34. The van der Waals surface area contributed by atoms with Crippen molar-refractivity contribution in [2.24, 2.45) is 4.99 Å². The minimum Gasteiger partial charge on any atom is -0.414 e. The Kier molecular flexibility index (Phi) is 5.62. The molecule has 0 bridgehead atoms. The van der Waals surface area contributed by atoms with Gasteiger partial charge in [0.2, 0.25) is 0 Å². The molecule has 0 radical (unpaired) electrons. The van der Waals surface area contributed by atoms with Gasteiger partial charge in [0, 0.05) is 0 Å². The van der Waals surface area contributed by atoms with Crippen LogP contribution in [-0.2, 0) is 4.43 Å². The topological polar surface area (TPSA) is 21.6 Å². The van der Waals surface area contributed by atoms with Gasteiger partial charge in [-0.2, -0.15) is 0 Å². The lowest BCUT2D eigenvalue weighted by atomic mass is 10.1. The highest BCUT2D eigenvalue weighted by atomic mass is 32.1. The van der Waals surface area contributed by atoms with Crippen LogP contribution in [0.3, 0.4) is 0 Å². The average molecular weight is 294 g/mol. The SMILES string of the molecule is CC(C)(C)[Si](C)(C)OCC(N=C=S)c1ccccc1. The summed E-state index contributed by atoms with van der Waals surface area (Å²) >= 11 is 4.75. The zero-order valence-corrected chi connectivity index (χ0v) is 14.3. The van der Waals surface area contributed by atoms with Gasteiger partial charge in [0.05, 0.1) is 11.8 Å². The summed E-state index contributed by atoms with van der Waals surface area (Å²) in [4.78, 5) is 4.24. The molecule has 0 saturated carbocycles. The zero-order valence-electron chi connectivity index (χ0n) is 12.4. The molecular formula is C15H23NOSSi. The van der Waals surface area contributed by atoms with Gasteiger partial charge in [-0.05, 0) is 35.9 Å². The quantitative estimate of drug-likeness (QED) is 0.439. The van der Waals surface area contributed by atoms with E-state index < -0.39 is 8.32 Å². The molecule has 0 aliphatic rings. The van der Waals surface area contributed by atoms with Crippen molar-refractivity contribution in [3.63, 3.8) is 0 Å². The van der Waals surface area contributed by atoms with Gasteiger partial charge in [-0.15, -0.1) is 0 Å². The molecule has 0 saturated heterocycles. The third-order valence-electron chi connectivity index (χ3n) is 3.80. The molecule has 19 heavy (non-hydrogen) atoms. The lowest BCUT2D eigenvalue weighted by molar-refractivity contribution is 0.266. The monoisotopic (exact) mass is 293 g/mol. The number of hydrogen-bond acceptors (Lipinski definition) is 3. The maximum absolute atomic E-state index is 6.22. The molecule has 2 nitrogen and oxygen atoms in total. The number of benzene rings is 1. The highest BCUT2D eigenvalue weighted by molar-refractivity contribution is 7.78. The van der Waals surface area contributed by atoms with Gasteiger partial charge in [-0.3, -0.25) is 0 Å². The molecule has 0 N–H and O–H groups in total. The van der Waals surface area contributed by atoms with Gasteiger partial charge < -0.3 is 4.43 Å². The van der Waals surface area contributed by atoms with Gasteiger partial charge in [0.15, 0.2) is 8.32 Å². The fourth-order valence-corrected chi connectivity index (χ4v) is 2.59. The fraction of sp³-hybridized carbons (Fsp3) is 0.533. The number of rotatable bonds is 5. The van der Waals surface area contributed by atoms with Crippen LogP contribution >= 0.6 is 12.2 Å². The maximum Gasteiger partial charge on any atom is 0.192 e. The van der Waals surface area contributed by atoms with E-state index in [0.717, 1.165) is 5.56 Å². The summed E-state index contributed by atoms with van der Waals surface area (Å²) in [6.45, 7) is 11.8. The Morgan fingerprint density at radius 3 is 2.32 bits per heavy atom. The van der Waals surface area contributed by atoms with Crippen LogP contribution in [0.2, 0.25) is 18.1 Å². The van der Waals surface area contributed by atoms with E-state index >= 15 is 0 Å². The van der Waals surface area contributed by atoms with Crippen molar-refractivity contribution in [1.29, 1.82) is 0 Å². The number of thiocarbonyl (C=S) groups is 1. The largest absolute Gasteiger partial charge is 0.414 e. The molecular weight excluding hydrogens is 270 g/mol. The Labute approximate surface area is 123 Å². The highest BCUT2D eigenvalue weighted by Crippen LogP contribution is 2.37. The number of hydrogen-bond donors (Lipinski definition) is 0. The Morgan fingerprint density at radius 1 is 1.26 bits per heavy atom. The second kappa shape index (κ2) is 6.57. The van der Waals surface area contributed by atoms with E-state index in [2.05, 4.69) is 56.2 Å². The van der Waals surface area contributed by atoms with E-state index in [0.29, 0.717) is 6.61 Å². The Bertz CT molecular complexity index is 447. The number of nitrogens with zero attached hydrogens (tertiary/aromatic N) is 1. The molecule has 0 aromatic heterocycles. The van der Waals surface area contributed by atoms with Gasteiger partial charge in [-0.1, -0.05) is 51.1 Å². The van der Waals surface area contributed by atoms with Crippen LogP contribution in [-0.4, -0.2) is 20.1 Å². The first-order chi connectivity index (χ1) is 8.78. The number of aliphatic imine (C=N–C) groups is 1. The second-order valence-corrected chi connectivity index (χ2v) is 11.2.